The predicted octanol–water partition coefficient (Wildman–Crippen LogP) is -2.79. The van der Waals surface area contributed by atoms with Crippen molar-refractivity contribution in [2.24, 2.45) is 0 Å². The van der Waals surface area contributed by atoms with Crippen LogP contribution in [0, 0.1) is 0 Å². The summed E-state index contributed by atoms with van der Waals surface area (Å²) in [6, 6.07) is 0. The van der Waals surface area contributed by atoms with Crippen LogP contribution in [0.2, 0.25) is 0 Å². The van der Waals surface area contributed by atoms with Crippen molar-refractivity contribution in [1.29, 1.82) is 0 Å². The lowest BCUT2D eigenvalue weighted by Gasteiger charge is -2.31. The molecule has 0 aliphatic carbocycles. The number of quaternary nitrogens is 2. The van der Waals surface area contributed by atoms with Crippen molar-refractivity contribution in [3.05, 3.63) is 0 Å². The molecule has 0 amide bonds. The zero-order chi connectivity index (χ0) is 25.0. The topological polar surface area (TPSA) is 187 Å². The summed E-state index contributed by atoms with van der Waals surface area (Å²) in [5.74, 6) is -2.64. The number of likely N-dealkylation sites (N-methyl/N-ethyl adjacent to an activating group) is 2. The summed E-state index contributed by atoms with van der Waals surface area (Å²) in [7, 11) is 1.38. The van der Waals surface area contributed by atoms with Crippen molar-refractivity contribution in [3.8, 4) is 0 Å². The van der Waals surface area contributed by atoms with E-state index in [4.69, 9.17) is 9.26 Å². The van der Waals surface area contributed by atoms with E-state index >= 15 is 0 Å². The molecule has 1 fully saturated rings. The number of rotatable bonds is 14. The highest BCUT2D eigenvalue weighted by Gasteiger charge is 2.54. The molecule has 14 nitrogen and oxygen atoms in total. The molecule has 1 heterocycles. The number of nitrogens with zero attached hydrogens (tertiary/aromatic N) is 2. The Labute approximate surface area is 188 Å². The van der Waals surface area contributed by atoms with Gasteiger partial charge < -0.3 is 56.9 Å². The van der Waals surface area contributed by atoms with Gasteiger partial charge in [0, 0.05) is 0 Å². The van der Waals surface area contributed by atoms with Gasteiger partial charge in [-0.2, -0.15) is 0 Å². The van der Waals surface area contributed by atoms with E-state index in [2.05, 4.69) is 13.6 Å². The average Bonchev–Trinajstić information content (AvgIpc) is 2.80. The van der Waals surface area contributed by atoms with Crippen molar-refractivity contribution in [3.63, 3.8) is 0 Å². The van der Waals surface area contributed by atoms with Gasteiger partial charge in [-0.05, 0) is 0 Å². The number of hydrogen-bond acceptors (Lipinski definition) is 12. The van der Waals surface area contributed by atoms with Gasteiger partial charge in [0.15, 0.2) is 0 Å². The first kappa shape index (κ1) is 30.0. The van der Waals surface area contributed by atoms with Crippen LogP contribution in [-0.4, -0.2) is 130 Å². The number of ether oxygens (including phenoxy) is 1. The van der Waals surface area contributed by atoms with E-state index in [1.165, 1.54) is 0 Å². The molecule has 0 saturated carbocycles. The Morgan fingerprint density at radius 2 is 1.31 bits per heavy atom. The van der Waals surface area contributed by atoms with Gasteiger partial charge in [0.05, 0.1) is 48.9 Å². The number of hydrogen-bond donors (Lipinski definition) is 3. The lowest BCUT2D eigenvalue weighted by molar-refractivity contribution is -0.870. The molecule has 0 spiro atoms. The normalized spacial score (nSPS) is 30.8. The summed E-state index contributed by atoms with van der Waals surface area (Å²) in [6.45, 7) is -1.49. The van der Waals surface area contributed by atoms with Crippen LogP contribution < -0.4 is 9.79 Å². The average molecular weight is 510 g/mol. The maximum Gasteiger partial charge on any atom is 0.268 e. The molecule has 1 saturated heterocycles. The van der Waals surface area contributed by atoms with Gasteiger partial charge in [-0.15, -0.1) is 0 Å². The minimum atomic E-state index is -4.85. The Hall–Kier alpha value is -0.0200. The van der Waals surface area contributed by atoms with Crippen LogP contribution in [-0.2, 0) is 32.0 Å². The van der Waals surface area contributed by atoms with E-state index in [-0.39, 0.29) is 13.2 Å². The smallest absolute Gasteiger partial charge is 0.268 e. The van der Waals surface area contributed by atoms with Crippen LogP contribution in [0.25, 0.3) is 0 Å². The molecule has 0 aromatic rings. The van der Waals surface area contributed by atoms with Gasteiger partial charge in [0.25, 0.3) is 15.6 Å². The maximum atomic E-state index is 11.9. The second-order valence-corrected chi connectivity index (χ2v) is 12.4. The van der Waals surface area contributed by atoms with Crippen LogP contribution in [0.1, 0.15) is 0 Å². The molecule has 1 aliphatic heterocycles. The fraction of sp³-hybridized carbons (Fsp3) is 1.00. The van der Waals surface area contributed by atoms with E-state index in [1.54, 1.807) is 0 Å². The monoisotopic (exact) mass is 510 g/mol. The van der Waals surface area contributed by atoms with Crippen LogP contribution in [0.4, 0.5) is 0 Å². The summed E-state index contributed by atoms with van der Waals surface area (Å²) >= 11 is 0. The first-order valence-electron chi connectivity index (χ1n) is 9.83. The van der Waals surface area contributed by atoms with E-state index in [0.717, 1.165) is 0 Å². The van der Waals surface area contributed by atoms with E-state index < -0.39 is 53.0 Å². The molecule has 1 aliphatic rings. The third kappa shape index (κ3) is 10.9. The molecule has 0 aromatic heterocycles. The zero-order valence-corrected chi connectivity index (χ0v) is 21.1. The third-order valence-corrected chi connectivity index (χ3v) is 6.28. The molecular weight excluding hydrogens is 474 g/mol. The summed E-state index contributed by atoms with van der Waals surface area (Å²) in [5.41, 5.74) is 0. The van der Waals surface area contributed by atoms with Crippen molar-refractivity contribution in [2.75, 3.05) is 81.8 Å². The van der Waals surface area contributed by atoms with Gasteiger partial charge in [-0.1, -0.05) is 0 Å². The van der Waals surface area contributed by atoms with Gasteiger partial charge in [0.2, 0.25) is 5.79 Å². The van der Waals surface area contributed by atoms with Gasteiger partial charge >= 0.3 is 0 Å². The molecule has 32 heavy (non-hydrogen) atoms. The van der Waals surface area contributed by atoms with E-state index in [9.17, 15) is 34.2 Å². The highest BCUT2D eigenvalue weighted by atomic mass is 31.2. The van der Waals surface area contributed by atoms with Crippen LogP contribution in [0.5, 0.6) is 0 Å². The SMILES string of the molecule is C[N+](C)(C)CCOP(=O)([O-])OC[C@H]1O[C@@](O)(COP(=O)([O-])OCC[N+](C)(C)C)[C@H](O)[C@@H]1O. The summed E-state index contributed by atoms with van der Waals surface area (Å²) in [6.07, 6.45) is -5.31. The Kier molecular flexibility index (Phi) is 10.5. The molecule has 6 atom stereocenters. The number of phosphoric acid groups is 2. The number of phosphoric ester groups is 2. The molecule has 0 radical (unpaired) electrons. The Bertz CT molecular complexity index is 697. The van der Waals surface area contributed by atoms with Gasteiger partial charge in [-0.3, -0.25) is 9.13 Å². The standard InChI is InChI=1S/C16H36N2O12P2/c1-17(2,3)7-9-26-31(22,23)28-11-13-14(19)15(20)16(21,30-13)12-29-32(24,25)27-10-8-18(4,5)6/h13-15,19-21H,7-12H2,1-6H3/t13-,14-,15-,16+/m1/s1. The Balaban J connectivity index is 2.57. The molecule has 2 unspecified atom stereocenters. The van der Waals surface area contributed by atoms with Crippen molar-refractivity contribution < 1.29 is 66.0 Å². The van der Waals surface area contributed by atoms with Crippen LogP contribution in [0.15, 0.2) is 0 Å². The predicted molar refractivity (Wildman–Crippen MR) is 107 cm³/mol. The molecule has 16 heteroatoms. The van der Waals surface area contributed by atoms with Crippen LogP contribution >= 0.6 is 15.6 Å². The minimum absolute atomic E-state index is 0.147. The largest absolute Gasteiger partial charge is 0.756 e. The van der Waals surface area contributed by atoms with Gasteiger partial charge in [-0.25, -0.2) is 0 Å². The molecule has 192 valence electrons. The maximum absolute atomic E-state index is 11.9. The van der Waals surface area contributed by atoms with Crippen molar-refractivity contribution in [1.82, 2.24) is 0 Å². The van der Waals surface area contributed by atoms with Crippen molar-refractivity contribution in [2.45, 2.75) is 24.1 Å². The molecule has 3 N–H and O–H groups in total. The lowest BCUT2D eigenvalue weighted by atomic mass is 10.1. The fourth-order valence-electron chi connectivity index (χ4n) is 2.39. The van der Waals surface area contributed by atoms with E-state index in [1.807, 2.05) is 42.3 Å². The highest BCUT2D eigenvalue weighted by molar-refractivity contribution is 7.46. The first-order chi connectivity index (χ1) is 14.3. The third-order valence-electron chi connectivity index (χ3n) is 4.37. The Morgan fingerprint density at radius 1 is 0.875 bits per heavy atom. The molecule has 0 aromatic carbocycles. The number of aliphatic hydroxyl groups is 3. The summed E-state index contributed by atoms with van der Waals surface area (Å²) in [4.78, 5) is 23.7. The summed E-state index contributed by atoms with van der Waals surface area (Å²) in [5, 5.41) is 30.5. The van der Waals surface area contributed by atoms with Crippen molar-refractivity contribution >= 4 is 15.6 Å². The second kappa shape index (κ2) is 11.1. The Morgan fingerprint density at radius 3 is 1.75 bits per heavy atom. The molecule has 1 rings (SSSR count). The first-order valence-corrected chi connectivity index (χ1v) is 12.7. The second-order valence-electron chi connectivity index (χ2n) is 9.59. The summed E-state index contributed by atoms with van der Waals surface area (Å²) < 4.78 is 48.3. The zero-order valence-electron chi connectivity index (χ0n) is 19.3. The van der Waals surface area contributed by atoms with Crippen LogP contribution in [0.3, 0.4) is 0 Å². The highest BCUT2D eigenvalue weighted by Crippen LogP contribution is 2.43. The lowest BCUT2D eigenvalue weighted by Crippen LogP contribution is -2.47. The van der Waals surface area contributed by atoms with Gasteiger partial charge in [0.1, 0.15) is 51.2 Å². The molecule has 0 bridgehead atoms. The minimum Gasteiger partial charge on any atom is -0.756 e. The molecular formula is C16H36N2O12P2. The quantitative estimate of drug-likeness (QED) is 0.161. The fourth-order valence-corrected chi connectivity index (χ4v) is 3.82. The number of aliphatic hydroxyl groups excluding tert-OH is 2. The van der Waals surface area contributed by atoms with E-state index in [0.29, 0.717) is 22.1 Å².